The number of hydrogen-bond acceptors (Lipinski definition) is 2. The van der Waals surface area contributed by atoms with Gasteiger partial charge in [0.25, 0.3) is 0 Å². The molecule has 102 valence electrons. The van der Waals surface area contributed by atoms with Crippen LogP contribution in [0.2, 0.25) is 5.02 Å². The summed E-state index contributed by atoms with van der Waals surface area (Å²) < 4.78 is 0. The van der Waals surface area contributed by atoms with Crippen LogP contribution >= 0.6 is 11.6 Å². The Morgan fingerprint density at radius 2 is 1.85 bits per heavy atom. The van der Waals surface area contributed by atoms with E-state index in [1.807, 2.05) is 12.1 Å². The van der Waals surface area contributed by atoms with Gasteiger partial charge in [-0.05, 0) is 23.8 Å². The average Bonchev–Trinajstić information content (AvgIpc) is 2.38. The second-order valence-electron chi connectivity index (χ2n) is 4.98. The quantitative estimate of drug-likeness (QED) is 0.937. The SMILES string of the molecule is O=C(O)c1ccc(N2CC(c3ccccc3)C2)cc1Cl. The molecule has 3 rings (SSSR count). The number of carboxylic acids is 1. The summed E-state index contributed by atoms with van der Waals surface area (Å²) >= 11 is 6.00. The van der Waals surface area contributed by atoms with Crippen molar-refractivity contribution in [2.45, 2.75) is 5.92 Å². The van der Waals surface area contributed by atoms with Gasteiger partial charge in [-0.2, -0.15) is 0 Å². The second kappa shape index (κ2) is 5.17. The van der Waals surface area contributed by atoms with Gasteiger partial charge in [-0.25, -0.2) is 4.79 Å². The molecule has 1 N–H and O–H groups in total. The summed E-state index contributed by atoms with van der Waals surface area (Å²) in [5, 5.41) is 9.25. The molecule has 2 aromatic rings. The van der Waals surface area contributed by atoms with E-state index < -0.39 is 5.97 Å². The first kappa shape index (κ1) is 13.0. The predicted octanol–water partition coefficient (Wildman–Crippen LogP) is 3.64. The van der Waals surface area contributed by atoms with Crippen molar-refractivity contribution in [1.29, 1.82) is 0 Å². The lowest BCUT2D eigenvalue weighted by molar-refractivity contribution is 0.0697. The largest absolute Gasteiger partial charge is 0.478 e. The van der Waals surface area contributed by atoms with Crippen LogP contribution in [0.5, 0.6) is 0 Å². The third kappa shape index (κ3) is 2.37. The normalized spacial score (nSPS) is 14.9. The molecular formula is C16H14ClNO2. The first-order valence-corrected chi connectivity index (χ1v) is 6.85. The van der Waals surface area contributed by atoms with Crippen molar-refractivity contribution in [2.75, 3.05) is 18.0 Å². The maximum absolute atomic E-state index is 10.9. The van der Waals surface area contributed by atoms with Crippen LogP contribution in [0.25, 0.3) is 0 Å². The molecule has 1 fully saturated rings. The molecule has 2 aromatic carbocycles. The Morgan fingerprint density at radius 3 is 2.45 bits per heavy atom. The van der Waals surface area contributed by atoms with E-state index in [9.17, 15) is 4.79 Å². The third-order valence-corrected chi connectivity index (χ3v) is 4.01. The summed E-state index contributed by atoms with van der Waals surface area (Å²) in [6.45, 7) is 1.87. The maximum atomic E-state index is 10.9. The number of nitrogens with zero attached hydrogens (tertiary/aromatic N) is 1. The van der Waals surface area contributed by atoms with Crippen LogP contribution in [0.4, 0.5) is 5.69 Å². The molecular weight excluding hydrogens is 274 g/mol. The lowest BCUT2D eigenvalue weighted by atomic mass is 9.91. The lowest BCUT2D eigenvalue weighted by Gasteiger charge is -2.41. The van der Waals surface area contributed by atoms with Crippen molar-refractivity contribution in [3.8, 4) is 0 Å². The topological polar surface area (TPSA) is 40.5 Å². The van der Waals surface area contributed by atoms with Gasteiger partial charge in [0.15, 0.2) is 0 Å². The highest BCUT2D eigenvalue weighted by molar-refractivity contribution is 6.33. The van der Waals surface area contributed by atoms with E-state index in [2.05, 4.69) is 29.2 Å². The van der Waals surface area contributed by atoms with Crippen LogP contribution in [0.15, 0.2) is 48.5 Å². The highest BCUT2D eigenvalue weighted by atomic mass is 35.5. The van der Waals surface area contributed by atoms with Crippen LogP contribution in [0.3, 0.4) is 0 Å². The molecule has 1 aliphatic heterocycles. The Morgan fingerprint density at radius 1 is 1.15 bits per heavy atom. The van der Waals surface area contributed by atoms with Gasteiger partial charge < -0.3 is 10.0 Å². The molecule has 0 aromatic heterocycles. The molecule has 4 heteroatoms. The van der Waals surface area contributed by atoms with Crippen molar-refractivity contribution in [2.24, 2.45) is 0 Å². The number of anilines is 1. The van der Waals surface area contributed by atoms with E-state index in [1.165, 1.54) is 5.56 Å². The fraction of sp³-hybridized carbons (Fsp3) is 0.188. The molecule has 1 heterocycles. The Labute approximate surface area is 122 Å². The zero-order valence-corrected chi connectivity index (χ0v) is 11.5. The van der Waals surface area contributed by atoms with Crippen LogP contribution in [-0.2, 0) is 0 Å². The van der Waals surface area contributed by atoms with Gasteiger partial charge in [0, 0.05) is 24.7 Å². The molecule has 3 nitrogen and oxygen atoms in total. The Bertz CT molecular complexity index is 636. The fourth-order valence-electron chi connectivity index (χ4n) is 2.50. The predicted molar refractivity (Wildman–Crippen MR) is 79.8 cm³/mol. The standard InChI is InChI=1S/C16H14ClNO2/c17-15-8-13(6-7-14(15)16(19)20)18-9-12(10-18)11-4-2-1-3-5-11/h1-8,12H,9-10H2,(H,19,20). The van der Waals surface area contributed by atoms with Crippen molar-refractivity contribution >= 4 is 23.3 Å². The van der Waals surface area contributed by atoms with E-state index in [0.717, 1.165) is 18.8 Å². The van der Waals surface area contributed by atoms with Gasteiger partial charge in [0.2, 0.25) is 0 Å². The molecule has 1 aliphatic rings. The monoisotopic (exact) mass is 287 g/mol. The van der Waals surface area contributed by atoms with E-state index in [1.54, 1.807) is 12.1 Å². The summed E-state index contributed by atoms with van der Waals surface area (Å²) in [5.41, 5.74) is 2.47. The summed E-state index contributed by atoms with van der Waals surface area (Å²) in [6.07, 6.45) is 0. The highest BCUT2D eigenvalue weighted by Gasteiger charge is 2.28. The maximum Gasteiger partial charge on any atom is 0.337 e. The summed E-state index contributed by atoms with van der Waals surface area (Å²) in [7, 11) is 0. The van der Waals surface area contributed by atoms with E-state index >= 15 is 0 Å². The van der Waals surface area contributed by atoms with E-state index in [4.69, 9.17) is 16.7 Å². The van der Waals surface area contributed by atoms with Crippen molar-refractivity contribution < 1.29 is 9.90 Å². The minimum absolute atomic E-state index is 0.149. The number of benzene rings is 2. The molecule has 0 saturated carbocycles. The van der Waals surface area contributed by atoms with Crippen LogP contribution < -0.4 is 4.90 Å². The Hall–Kier alpha value is -2.00. The Balaban J connectivity index is 1.71. The summed E-state index contributed by atoms with van der Waals surface area (Å²) in [4.78, 5) is 13.1. The number of hydrogen-bond donors (Lipinski definition) is 1. The van der Waals surface area contributed by atoms with Crippen LogP contribution in [0, 0.1) is 0 Å². The highest BCUT2D eigenvalue weighted by Crippen LogP contribution is 2.33. The molecule has 1 saturated heterocycles. The molecule has 0 atom stereocenters. The van der Waals surface area contributed by atoms with Crippen molar-refractivity contribution in [1.82, 2.24) is 0 Å². The lowest BCUT2D eigenvalue weighted by Crippen LogP contribution is -2.45. The zero-order valence-electron chi connectivity index (χ0n) is 10.8. The molecule has 0 spiro atoms. The van der Waals surface area contributed by atoms with Crippen LogP contribution in [-0.4, -0.2) is 24.2 Å². The van der Waals surface area contributed by atoms with Crippen molar-refractivity contribution in [3.63, 3.8) is 0 Å². The van der Waals surface area contributed by atoms with Gasteiger partial charge in [-0.15, -0.1) is 0 Å². The average molecular weight is 288 g/mol. The van der Waals surface area contributed by atoms with Crippen molar-refractivity contribution in [3.05, 3.63) is 64.7 Å². The molecule has 0 aliphatic carbocycles. The molecule has 20 heavy (non-hydrogen) atoms. The van der Waals surface area contributed by atoms with Gasteiger partial charge >= 0.3 is 5.97 Å². The Kier molecular flexibility index (Phi) is 3.36. The molecule has 0 amide bonds. The second-order valence-corrected chi connectivity index (χ2v) is 5.39. The smallest absolute Gasteiger partial charge is 0.337 e. The first-order chi connectivity index (χ1) is 9.65. The zero-order chi connectivity index (χ0) is 14.1. The molecule has 0 radical (unpaired) electrons. The minimum atomic E-state index is -0.993. The molecule has 0 bridgehead atoms. The fourth-order valence-corrected chi connectivity index (χ4v) is 2.76. The van der Waals surface area contributed by atoms with Gasteiger partial charge in [-0.1, -0.05) is 41.9 Å². The number of rotatable bonds is 3. The van der Waals surface area contributed by atoms with Gasteiger partial charge in [0.05, 0.1) is 10.6 Å². The molecule has 0 unspecified atom stereocenters. The number of carboxylic acid groups (broad SMARTS) is 1. The van der Waals surface area contributed by atoms with E-state index in [-0.39, 0.29) is 10.6 Å². The van der Waals surface area contributed by atoms with Gasteiger partial charge in [-0.3, -0.25) is 0 Å². The van der Waals surface area contributed by atoms with Gasteiger partial charge in [0.1, 0.15) is 0 Å². The number of aromatic carboxylic acids is 1. The number of halogens is 1. The summed E-state index contributed by atoms with van der Waals surface area (Å²) in [5.74, 6) is -0.457. The summed E-state index contributed by atoms with van der Waals surface area (Å²) in [6, 6.07) is 15.5. The van der Waals surface area contributed by atoms with E-state index in [0.29, 0.717) is 5.92 Å². The number of carbonyl (C=O) groups is 1. The van der Waals surface area contributed by atoms with Crippen LogP contribution in [0.1, 0.15) is 21.8 Å². The first-order valence-electron chi connectivity index (χ1n) is 6.48. The third-order valence-electron chi connectivity index (χ3n) is 3.70. The minimum Gasteiger partial charge on any atom is -0.478 e.